The fourth-order valence-electron chi connectivity index (χ4n) is 4.70. The molecule has 0 amide bonds. The first-order valence-electron chi connectivity index (χ1n) is 11.0. The predicted molar refractivity (Wildman–Crippen MR) is 117 cm³/mol. The zero-order valence-corrected chi connectivity index (χ0v) is 19.6. The average molecular weight is 614 g/mol. The molecule has 0 atom stereocenters. The summed E-state index contributed by atoms with van der Waals surface area (Å²) in [4.78, 5) is 0. The minimum absolute atomic E-state index is 0.303. The first-order chi connectivity index (χ1) is 19.5. The van der Waals surface area contributed by atoms with Crippen LogP contribution in [0.4, 0.5) is 65.9 Å². The van der Waals surface area contributed by atoms with E-state index in [2.05, 4.69) is 0 Å². The summed E-state index contributed by atoms with van der Waals surface area (Å²) in [5.41, 5.74) is -10.2. The molecular formula is C27H5F15. The summed E-state index contributed by atoms with van der Waals surface area (Å²) in [6, 6.07) is 2.86. The highest BCUT2D eigenvalue weighted by molar-refractivity contribution is 6.22. The lowest BCUT2D eigenvalue weighted by atomic mass is 9.84. The number of rotatable bonds is 2. The molecule has 218 valence electrons. The molecule has 0 fully saturated rings. The van der Waals surface area contributed by atoms with Crippen LogP contribution >= 0.6 is 0 Å². The van der Waals surface area contributed by atoms with Crippen molar-refractivity contribution in [3.63, 3.8) is 0 Å². The van der Waals surface area contributed by atoms with Gasteiger partial charge in [-0.05, 0) is 10.8 Å². The Morgan fingerprint density at radius 1 is 0.381 bits per heavy atom. The lowest BCUT2D eigenvalue weighted by molar-refractivity contribution is -0.143. The summed E-state index contributed by atoms with van der Waals surface area (Å²) in [5.74, 6) is -31.4. The summed E-state index contributed by atoms with van der Waals surface area (Å²) in [6.45, 7) is 0. The Morgan fingerprint density at radius 2 is 0.738 bits per heavy atom. The molecule has 0 aliphatic heterocycles. The van der Waals surface area contributed by atoms with Crippen molar-refractivity contribution in [3.05, 3.63) is 106 Å². The van der Waals surface area contributed by atoms with Crippen LogP contribution < -0.4 is 0 Å². The van der Waals surface area contributed by atoms with Crippen molar-refractivity contribution >= 4 is 21.5 Å². The molecule has 5 aromatic rings. The van der Waals surface area contributed by atoms with Gasteiger partial charge in [-0.25, -0.2) is 52.7 Å². The molecule has 0 N–H and O–H groups in total. The second-order valence-electron chi connectivity index (χ2n) is 8.65. The van der Waals surface area contributed by atoms with Crippen molar-refractivity contribution in [2.75, 3.05) is 0 Å². The van der Waals surface area contributed by atoms with E-state index in [0.717, 1.165) is 12.1 Å². The number of alkyl halides is 3. The molecule has 0 heterocycles. The molecule has 0 aliphatic carbocycles. The molecule has 0 saturated heterocycles. The van der Waals surface area contributed by atoms with Crippen molar-refractivity contribution < 1.29 is 65.9 Å². The molecule has 0 aliphatic rings. The van der Waals surface area contributed by atoms with Gasteiger partial charge in [0.15, 0.2) is 69.8 Å². The highest BCUT2D eigenvalue weighted by Crippen LogP contribution is 2.50. The van der Waals surface area contributed by atoms with Crippen molar-refractivity contribution in [3.8, 4) is 22.3 Å². The molecule has 0 spiro atoms. The van der Waals surface area contributed by atoms with Gasteiger partial charge in [0, 0.05) is 28.0 Å². The Labute approximate surface area is 222 Å². The molecule has 5 rings (SSSR count). The lowest BCUT2D eigenvalue weighted by Gasteiger charge is -2.21. The van der Waals surface area contributed by atoms with Crippen LogP contribution in [-0.2, 0) is 6.18 Å². The number of hydrogen-bond acceptors (Lipinski definition) is 0. The number of halogens is 15. The minimum atomic E-state index is -6.04. The number of hydrogen-bond donors (Lipinski definition) is 0. The largest absolute Gasteiger partial charge is 0.422 e. The van der Waals surface area contributed by atoms with Gasteiger partial charge in [0.25, 0.3) is 0 Å². The minimum Gasteiger partial charge on any atom is -0.204 e. The van der Waals surface area contributed by atoms with Gasteiger partial charge < -0.3 is 0 Å². The van der Waals surface area contributed by atoms with Gasteiger partial charge in [-0.15, -0.1) is 0 Å². The summed E-state index contributed by atoms with van der Waals surface area (Å²) < 4.78 is 217. The molecule has 0 radical (unpaired) electrons. The Hall–Kier alpha value is -4.43. The maximum atomic E-state index is 15.4. The Kier molecular flexibility index (Phi) is 6.62. The monoisotopic (exact) mass is 614 g/mol. The van der Waals surface area contributed by atoms with Crippen LogP contribution in [0.3, 0.4) is 0 Å². The first-order valence-corrected chi connectivity index (χ1v) is 11.0. The molecule has 0 saturated carbocycles. The summed E-state index contributed by atoms with van der Waals surface area (Å²) in [6.07, 6.45) is -6.04. The maximum absolute atomic E-state index is 15.4. The highest BCUT2D eigenvalue weighted by atomic mass is 19.4. The van der Waals surface area contributed by atoms with E-state index in [0.29, 0.717) is 12.1 Å². The van der Waals surface area contributed by atoms with E-state index in [9.17, 15) is 48.3 Å². The topological polar surface area (TPSA) is 0 Å². The molecule has 0 nitrogen and oxygen atoms in total. The third-order valence-electron chi connectivity index (χ3n) is 6.39. The van der Waals surface area contributed by atoms with E-state index in [1.807, 2.05) is 0 Å². The summed E-state index contributed by atoms with van der Waals surface area (Å²) in [5, 5.41) is -5.71. The van der Waals surface area contributed by atoms with Crippen molar-refractivity contribution in [2.24, 2.45) is 0 Å². The van der Waals surface area contributed by atoms with Crippen molar-refractivity contribution in [2.45, 2.75) is 6.18 Å². The number of fused-ring (bicyclic) bond motifs is 2. The third-order valence-corrected chi connectivity index (χ3v) is 6.39. The summed E-state index contributed by atoms with van der Waals surface area (Å²) in [7, 11) is 0. The maximum Gasteiger partial charge on any atom is 0.422 e. The highest BCUT2D eigenvalue weighted by Gasteiger charge is 2.43. The van der Waals surface area contributed by atoms with Crippen LogP contribution in [0.25, 0.3) is 43.8 Å². The molecule has 0 bridgehead atoms. The van der Waals surface area contributed by atoms with Gasteiger partial charge >= 0.3 is 6.18 Å². The van der Waals surface area contributed by atoms with Crippen molar-refractivity contribution in [1.82, 2.24) is 0 Å². The van der Waals surface area contributed by atoms with Crippen molar-refractivity contribution in [1.29, 1.82) is 0 Å². The third kappa shape index (κ3) is 3.89. The van der Waals surface area contributed by atoms with Crippen LogP contribution in [0.2, 0.25) is 0 Å². The fourth-order valence-corrected chi connectivity index (χ4v) is 4.70. The summed E-state index contributed by atoms with van der Waals surface area (Å²) >= 11 is 0. The predicted octanol–water partition coefficient (Wildman–Crippen LogP) is 10.0. The van der Waals surface area contributed by atoms with Gasteiger partial charge in [0.05, 0.1) is 11.1 Å². The van der Waals surface area contributed by atoms with Crippen LogP contribution in [0.1, 0.15) is 5.56 Å². The van der Waals surface area contributed by atoms with E-state index in [4.69, 9.17) is 0 Å². The normalized spacial score (nSPS) is 12.2. The van der Waals surface area contributed by atoms with Crippen LogP contribution in [0, 0.1) is 69.8 Å². The smallest absolute Gasteiger partial charge is 0.204 e. The Morgan fingerprint density at radius 3 is 1.10 bits per heavy atom. The van der Waals surface area contributed by atoms with Crippen LogP contribution in [-0.4, -0.2) is 0 Å². The second kappa shape index (κ2) is 9.56. The van der Waals surface area contributed by atoms with Gasteiger partial charge in [-0.1, -0.05) is 24.3 Å². The Balaban J connectivity index is 2.18. The molecule has 5 aromatic carbocycles. The first kappa shape index (κ1) is 29.1. The van der Waals surface area contributed by atoms with Crippen LogP contribution in [0.5, 0.6) is 0 Å². The zero-order chi connectivity index (χ0) is 31.2. The average Bonchev–Trinajstić information content (AvgIpc) is 2.92. The van der Waals surface area contributed by atoms with Gasteiger partial charge in [0.1, 0.15) is 5.56 Å². The van der Waals surface area contributed by atoms with E-state index in [-0.39, 0.29) is 6.07 Å². The number of benzene rings is 5. The van der Waals surface area contributed by atoms with Gasteiger partial charge in [-0.3, -0.25) is 0 Å². The fraction of sp³-hybridized carbons (Fsp3) is 0.0370. The van der Waals surface area contributed by atoms with E-state index in [1.54, 1.807) is 0 Å². The lowest BCUT2D eigenvalue weighted by Crippen LogP contribution is -2.16. The van der Waals surface area contributed by atoms with E-state index < -0.39 is 125 Å². The SMILES string of the molecule is Fc1cc(F)c(F)c(-c2c3ccccc3c(-c3c(F)c(F)c(C(F)(F)F)c(F)c3F)c3c(F)c(F)c(F)c(F)c23)c1F. The van der Waals surface area contributed by atoms with E-state index >= 15 is 17.6 Å². The second-order valence-corrected chi connectivity index (χ2v) is 8.65. The molecule has 0 unspecified atom stereocenters. The standard InChI is InChI=1S/C27H5F15/c28-8-5-9(29)18(31)14(17(8)30)10-6-3-1-2-4-7(6)11(13-12(10)19(32)25(38)26(39)20(13)33)15-21(34)23(36)16(27(40,41)42)24(37)22(15)35/h1-5H. The molecule has 0 aromatic heterocycles. The van der Waals surface area contributed by atoms with E-state index in [1.165, 1.54) is 0 Å². The molecular weight excluding hydrogens is 609 g/mol. The quantitative estimate of drug-likeness (QED) is 0.0804. The Bertz CT molecular complexity index is 1930. The molecule has 42 heavy (non-hydrogen) atoms. The van der Waals surface area contributed by atoms with Gasteiger partial charge in [-0.2, -0.15) is 13.2 Å². The zero-order valence-electron chi connectivity index (χ0n) is 19.6. The van der Waals surface area contributed by atoms with Gasteiger partial charge in [0.2, 0.25) is 0 Å². The molecule has 15 heteroatoms. The van der Waals surface area contributed by atoms with Crippen LogP contribution in [0.15, 0.2) is 30.3 Å².